The van der Waals surface area contributed by atoms with Crippen LogP contribution in [0.1, 0.15) is 47.3 Å². The molecule has 1 aliphatic rings. The van der Waals surface area contributed by atoms with Crippen molar-refractivity contribution in [1.82, 2.24) is 20.2 Å². The Morgan fingerprint density at radius 3 is 2.52 bits per heavy atom. The van der Waals surface area contributed by atoms with E-state index in [9.17, 15) is 4.79 Å². The molecule has 0 unspecified atom stereocenters. The number of amides is 1. The molecule has 0 radical (unpaired) electrons. The van der Waals surface area contributed by atoms with Gasteiger partial charge in [0, 0.05) is 35.7 Å². The molecule has 1 aliphatic heterocycles. The first-order valence-corrected chi connectivity index (χ1v) is 11.8. The van der Waals surface area contributed by atoms with Crippen molar-refractivity contribution in [2.45, 2.75) is 39.0 Å². The number of nitriles is 1. The summed E-state index contributed by atoms with van der Waals surface area (Å²) in [4.78, 5) is 13.2. The number of nitrogens with one attached hydrogen (secondary N) is 1. The second-order valence-electron chi connectivity index (χ2n) is 8.17. The largest absolute Gasteiger partial charge is 0.286 e. The van der Waals surface area contributed by atoms with Gasteiger partial charge < -0.3 is 0 Å². The Labute approximate surface area is 203 Å². The Morgan fingerprint density at radius 1 is 1.12 bits per heavy atom. The van der Waals surface area contributed by atoms with Crippen LogP contribution in [0.2, 0.25) is 10.0 Å². The highest BCUT2D eigenvalue weighted by molar-refractivity contribution is 6.35. The molecule has 8 heteroatoms. The predicted octanol–water partition coefficient (Wildman–Crippen LogP) is 5.74. The number of carbonyl (C=O) groups is 1. The van der Waals surface area contributed by atoms with Crippen LogP contribution in [0, 0.1) is 18.3 Å². The molecule has 0 saturated carbocycles. The van der Waals surface area contributed by atoms with Crippen molar-refractivity contribution < 1.29 is 4.79 Å². The van der Waals surface area contributed by atoms with Gasteiger partial charge >= 0.3 is 0 Å². The molecule has 4 rings (SSSR count). The maximum Gasteiger partial charge on any atom is 0.286 e. The lowest BCUT2D eigenvalue weighted by molar-refractivity contribution is 0.0743. The van der Waals surface area contributed by atoms with Crippen LogP contribution in [0.4, 0.5) is 0 Å². The van der Waals surface area contributed by atoms with E-state index in [-0.39, 0.29) is 5.91 Å². The lowest BCUT2D eigenvalue weighted by Crippen LogP contribution is -2.45. The zero-order valence-electron chi connectivity index (χ0n) is 18.4. The Kier molecular flexibility index (Phi) is 7.34. The predicted molar refractivity (Wildman–Crippen MR) is 131 cm³/mol. The van der Waals surface area contributed by atoms with Gasteiger partial charge in [-0.3, -0.25) is 10.2 Å². The lowest BCUT2D eigenvalue weighted by atomic mass is 10.0. The quantitative estimate of drug-likeness (QED) is 0.486. The fraction of sp³-hybridized carbons (Fsp3) is 0.320. The minimum atomic E-state index is -0.231. The molecule has 1 aromatic heterocycles. The highest BCUT2D eigenvalue weighted by atomic mass is 35.5. The number of benzene rings is 2. The number of aryl methyl sites for hydroxylation is 1. The second kappa shape index (κ2) is 10.4. The Balaban J connectivity index is 1.76. The molecule has 33 heavy (non-hydrogen) atoms. The number of rotatable bonds is 6. The molecule has 1 N–H and O–H groups in total. The fourth-order valence-corrected chi connectivity index (χ4v) is 4.60. The summed E-state index contributed by atoms with van der Waals surface area (Å²) in [6.07, 6.45) is 4.48. The number of aromatic nitrogens is 2. The molecule has 2 heterocycles. The standard InChI is InChI=1S/C25H25Cl2N5O/c1-17-23(25(33)30-31-14-3-2-4-15-31)29-32(22-12-11-20(26)16-21(22)27)24(17)19-9-7-18(8-10-19)6-5-13-28/h7-12,16H,2-6,14-15H2,1H3,(H,30,33). The molecule has 1 saturated heterocycles. The minimum absolute atomic E-state index is 0.231. The zero-order chi connectivity index (χ0) is 23.4. The van der Waals surface area contributed by atoms with Gasteiger partial charge in [-0.15, -0.1) is 0 Å². The van der Waals surface area contributed by atoms with E-state index in [1.807, 2.05) is 36.2 Å². The molecule has 6 nitrogen and oxygen atoms in total. The number of halogens is 2. The van der Waals surface area contributed by atoms with Gasteiger partial charge in [0.1, 0.15) is 0 Å². The summed E-state index contributed by atoms with van der Waals surface area (Å²) < 4.78 is 1.71. The first-order valence-electron chi connectivity index (χ1n) is 11.0. The number of hydrazine groups is 1. The summed E-state index contributed by atoms with van der Waals surface area (Å²) in [5.74, 6) is -0.231. The van der Waals surface area contributed by atoms with Gasteiger partial charge in [0.05, 0.1) is 22.5 Å². The summed E-state index contributed by atoms with van der Waals surface area (Å²) in [7, 11) is 0. The Bertz CT molecular complexity index is 1190. The molecule has 170 valence electrons. The molecule has 1 amide bonds. The van der Waals surface area contributed by atoms with E-state index in [1.165, 1.54) is 6.42 Å². The smallest absolute Gasteiger partial charge is 0.283 e. The molecule has 0 spiro atoms. The van der Waals surface area contributed by atoms with Gasteiger partial charge in [-0.2, -0.15) is 10.4 Å². The van der Waals surface area contributed by atoms with E-state index in [0.29, 0.717) is 34.3 Å². The first kappa shape index (κ1) is 23.3. The van der Waals surface area contributed by atoms with Crippen LogP contribution in [0.15, 0.2) is 42.5 Å². The number of hydrogen-bond acceptors (Lipinski definition) is 4. The fourth-order valence-electron chi connectivity index (χ4n) is 4.11. The average Bonchev–Trinajstić information content (AvgIpc) is 3.15. The summed E-state index contributed by atoms with van der Waals surface area (Å²) in [6.45, 7) is 3.58. The van der Waals surface area contributed by atoms with Crippen LogP contribution in [-0.4, -0.2) is 33.8 Å². The SMILES string of the molecule is Cc1c(C(=O)NN2CCCCC2)nn(-c2ccc(Cl)cc2Cl)c1-c1ccc(CCC#N)cc1. The summed E-state index contributed by atoms with van der Waals surface area (Å²) in [5, 5.41) is 16.5. The molecule has 0 bridgehead atoms. The average molecular weight is 482 g/mol. The van der Waals surface area contributed by atoms with E-state index in [2.05, 4.69) is 11.5 Å². The summed E-state index contributed by atoms with van der Waals surface area (Å²) in [6, 6.07) is 15.4. The van der Waals surface area contributed by atoms with Crippen molar-refractivity contribution in [1.29, 1.82) is 5.26 Å². The van der Waals surface area contributed by atoms with Crippen LogP contribution >= 0.6 is 23.2 Å². The highest BCUT2D eigenvalue weighted by Crippen LogP contribution is 2.33. The number of carbonyl (C=O) groups excluding carboxylic acids is 1. The molecule has 1 fully saturated rings. The monoisotopic (exact) mass is 481 g/mol. The van der Waals surface area contributed by atoms with Crippen LogP contribution in [0.25, 0.3) is 16.9 Å². The molecular formula is C25H25Cl2N5O. The van der Waals surface area contributed by atoms with Gasteiger partial charge in [-0.25, -0.2) is 9.69 Å². The van der Waals surface area contributed by atoms with E-state index < -0.39 is 0 Å². The summed E-state index contributed by atoms with van der Waals surface area (Å²) in [5.41, 5.74) is 7.55. The third-order valence-corrected chi connectivity index (χ3v) is 6.38. The molecule has 0 atom stereocenters. The molecular weight excluding hydrogens is 457 g/mol. The highest BCUT2D eigenvalue weighted by Gasteiger charge is 2.24. The number of hydrogen-bond donors (Lipinski definition) is 1. The van der Waals surface area contributed by atoms with E-state index >= 15 is 0 Å². The third kappa shape index (κ3) is 5.22. The Hall–Kier alpha value is -2.85. The topological polar surface area (TPSA) is 74.0 Å². The zero-order valence-corrected chi connectivity index (χ0v) is 20.0. The third-order valence-electron chi connectivity index (χ3n) is 5.84. The molecule has 2 aromatic carbocycles. The normalized spacial score (nSPS) is 14.1. The van der Waals surface area contributed by atoms with Crippen LogP contribution in [-0.2, 0) is 6.42 Å². The molecule has 0 aliphatic carbocycles. The van der Waals surface area contributed by atoms with E-state index in [1.54, 1.807) is 22.9 Å². The van der Waals surface area contributed by atoms with Gasteiger partial charge in [0.25, 0.3) is 5.91 Å². The van der Waals surface area contributed by atoms with Gasteiger partial charge in [-0.1, -0.05) is 53.9 Å². The maximum absolute atomic E-state index is 13.2. The number of nitrogens with zero attached hydrogens (tertiary/aromatic N) is 4. The van der Waals surface area contributed by atoms with Crippen molar-refractivity contribution in [3.8, 4) is 23.0 Å². The van der Waals surface area contributed by atoms with Crippen molar-refractivity contribution in [3.63, 3.8) is 0 Å². The van der Waals surface area contributed by atoms with Crippen LogP contribution in [0.5, 0.6) is 0 Å². The van der Waals surface area contributed by atoms with Gasteiger partial charge in [0.2, 0.25) is 0 Å². The Morgan fingerprint density at radius 2 is 1.85 bits per heavy atom. The number of piperidine rings is 1. The lowest BCUT2D eigenvalue weighted by Gasteiger charge is -2.26. The van der Waals surface area contributed by atoms with E-state index in [0.717, 1.165) is 48.3 Å². The van der Waals surface area contributed by atoms with Crippen molar-refractivity contribution >= 4 is 29.1 Å². The van der Waals surface area contributed by atoms with Crippen molar-refractivity contribution in [3.05, 3.63) is 69.3 Å². The first-order chi connectivity index (χ1) is 16.0. The van der Waals surface area contributed by atoms with E-state index in [4.69, 9.17) is 33.6 Å². The van der Waals surface area contributed by atoms with Crippen LogP contribution < -0.4 is 5.43 Å². The molecule has 3 aromatic rings. The summed E-state index contributed by atoms with van der Waals surface area (Å²) >= 11 is 12.6. The minimum Gasteiger partial charge on any atom is -0.283 e. The second-order valence-corrected chi connectivity index (χ2v) is 9.02. The van der Waals surface area contributed by atoms with Gasteiger partial charge in [-0.05, 0) is 49.9 Å². The van der Waals surface area contributed by atoms with Crippen LogP contribution in [0.3, 0.4) is 0 Å². The van der Waals surface area contributed by atoms with Crippen molar-refractivity contribution in [2.24, 2.45) is 0 Å². The maximum atomic E-state index is 13.2. The van der Waals surface area contributed by atoms with Crippen molar-refractivity contribution in [2.75, 3.05) is 13.1 Å². The van der Waals surface area contributed by atoms with Gasteiger partial charge in [0.15, 0.2) is 5.69 Å².